The molecule has 1 heterocycles. The van der Waals surface area contributed by atoms with Gasteiger partial charge in [-0.15, -0.1) is 24.1 Å². The van der Waals surface area contributed by atoms with E-state index in [2.05, 4.69) is 15.9 Å². The van der Waals surface area contributed by atoms with Gasteiger partial charge in [0.15, 0.2) is 5.82 Å². The van der Waals surface area contributed by atoms with Gasteiger partial charge >= 0.3 is 0 Å². The summed E-state index contributed by atoms with van der Waals surface area (Å²) in [7, 11) is 0. The van der Waals surface area contributed by atoms with Gasteiger partial charge in [0, 0.05) is 24.6 Å². The molecular weight excluding hydrogens is 182 g/mol. The van der Waals surface area contributed by atoms with Crippen molar-refractivity contribution in [3.05, 3.63) is 12.4 Å². The molecule has 0 radical (unpaired) electrons. The molecule has 0 amide bonds. The van der Waals surface area contributed by atoms with Gasteiger partial charge in [0.25, 0.3) is 0 Å². The fourth-order valence-corrected chi connectivity index (χ4v) is 1.61. The Hall–Kier alpha value is -1.21. The molecule has 1 aromatic heterocycles. The second kappa shape index (κ2) is 5.44. The Morgan fingerprint density at radius 2 is 2.23 bits per heavy atom. The smallest absolute Gasteiger partial charge is 0.156 e. The molecule has 0 fully saturated rings. The van der Waals surface area contributed by atoms with Crippen LogP contribution in [-0.2, 0) is 0 Å². The predicted molar refractivity (Wildman–Crippen MR) is 55.2 cm³/mol. The molecule has 13 heavy (non-hydrogen) atoms. The highest BCUT2D eigenvalue weighted by Crippen LogP contribution is 2.20. The van der Waals surface area contributed by atoms with Crippen LogP contribution in [0.5, 0.6) is 0 Å². The van der Waals surface area contributed by atoms with E-state index in [-0.39, 0.29) is 0 Å². The van der Waals surface area contributed by atoms with Crippen LogP contribution >= 0.6 is 11.8 Å². The normalized spacial score (nSPS) is 9.46. The van der Waals surface area contributed by atoms with Gasteiger partial charge in [0.2, 0.25) is 0 Å². The molecule has 1 aromatic rings. The maximum Gasteiger partial charge on any atom is 0.156 e. The van der Waals surface area contributed by atoms with Gasteiger partial charge in [0.1, 0.15) is 5.03 Å². The second-order valence-electron chi connectivity index (χ2n) is 2.40. The lowest BCUT2D eigenvalue weighted by Gasteiger charge is -2.00. The van der Waals surface area contributed by atoms with E-state index in [4.69, 9.17) is 12.2 Å². The number of aromatic nitrogens is 2. The standard InChI is InChI=1S/C9H11N3S/c1-2-3-4-7-13-9-8(10)11-5-6-12-9/h1,5-6H,3-4,7H2,(H2,10,11). The summed E-state index contributed by atoms with van der Waals surface area (Å²) < 4.78 is 0. The van der Waals surface area contributed by atoms with Crippen molar-refractivity contribution >= 4 is 17.6 Å². The zero-order valence-corrected chi connectivity index (χ0v) is 8.05. The van der Waals surface area contributed by atoms with Crippen LogP contribution in [0.25, 0.3) is 0 Å². The first-order valence-electron chi connectivity index (χ1n) is 3.97. The highest BCUT2D eigenvalue weighted by atomic mass is 32.2. The van der Waals surface area contributed by atoms with E-state index in [9.17, 15) is 0 Å². The highest BCUT2D eigenvalue weighted by Gasteiger charge is 1.99. The summed E-state index contributed by atoms with van der Waals surface area (Å²) in [6, 6.07) is 0. The number of nitrogens with zero attached hydrogens (tertiary/aromatic N) is 2. The minimum Gasteiger partial charge on any atom is -0.381 e. The van der Waals surface area contributed by atoms with E-state index >= 15 is 0 Å². The fraction of sp³-hybridized carbons (Fsp3) is 0.333. The molecule has 3 nitrogen and oxygen atoms in total. The van der Waals surface area contributed by atoms with Crippen molar-refractivity contribution in [2.45, 2.75) is 17.9 Å². The van der Waals surface area contributed by atoms with Crippen molar-refractivity contribution < 1.29 is 0 Å². The van der Waals surface area contributed by atoms with Crippen LogP contribution in [0.15, 0.2) is 17.4 Å². The van der Waals surface area contributed by atoms with E-state index in [1.54, 1.807) is 24.2 Å². The van der Waals surface area contributed by atoms with Crippen LogP contribution in [0.2, 0.25) is 0 Å². The third-order valence-electron chi connectivity index (χ3n) is 1.40. The van der Waals surface area contributed by atoms with Crippen molar-refractivity contribution in [2.75, 3.05) is 11.5 Å². The van der Waals surface area contributed by atoms with Crippen molar-refractivity contribution in [2.24, 2.45) is 0 Å². The van der Waals surface area contributed by atoms with Crippen LogP contribution < -0.4 is 5.73 Å². The summed E-state index contributed by atoms with van der Waals surface area (Å²) in [5, 5.41) is 0.791. The van der Waals surface area contributed by atoms with Gasteiger partial charge in [-0.3, -0.25) is 0 Å². The Morgan fingerprint density at radius 3 is 2.92 bits per heavy atom. The maximum absolute atomic E-state index is 5.60. The van der Waals surface area contributed by atoms with Crippen LogP contribution in [0.3, 0.4) is 0 Å². The number of thioether (sulfide) groups is 1. The van der Waals surface area contributed by atoms with Gasteiger partial charge in [-0.05, 0) is 6.42 Å². The van der Waals surface area contributed by atoms with Gasteiger partial charge < -0.3 is 5.73 Å². The number of nitrogens with two attached hydrogens (primary N) is 1. The van der Waals surface area contributed by atoms with Gasteiger partial charge in [-0.1, -0.05) is 0 Å². The summed E-state index contributed by atoms with van der Waals surface area (Å²) in [4.78, 5) is 8.03. The average Bonchev–Trinajstić information content (AvgIpc) is 2.15. The number of hydrogen-bond acceptors (Lipinski definition) is 4. The lowest BCUT2D eigenvalue weighted by molar-refractivity contribution is 0.989. The van der Waals surface area contributed by atoms with E-state index in [0.29, 0.717) is 5.82 Å². The molecule has 1 rings (SSSR count). The molecule has 0 aliphatic carbocycles. The molecule has 0 aliphatic rings. The Labute approximate surface area is 82.2 Å². The van der Waals surface area contributed by atoms with Crippen molar-refractivity contribution in [3.8, 4) is 12.3 Å². The van der Waals surface area contributed by atoms with Crippen LogP contribution in [0.1, 0.15) is 12.8 Å². The van der Waals surface area contributed by atoms with Crippen LogP contribution in [-0.4, -0.2) is 15.7 Å². The first kappa shape index (κ1) is 9.87. The lowest BCUT2D eigenvalue weighted by atomic mass is 10.4. The average molecular weight is 193 g/mol. The minimum absolute atomic E-state index is 0.494. The summed E-state index contributed by atoms with van der Waals surface area (Å²) >= 11 is 1.59. The monoisotopic (exact) mass is 193 g/mol. The quantitative estimate of drug-likeness (QED) is 0.448. The predicted octanol–water partition coefficient (Wildman–Crippen LogP) is 1.56. The van der Waals surface area contributed by atoms with Gasteiger partial charge in [0.05, 0.1) is 0 Å². The number of unbranched alkanes of at least 4 members (excludes halogenated alkanes) is 1. The van der Waals surface area contributed by atoms with Gasteiger partial charge in [-0.25, -0.2) is 9.97 Å². The number of terminal acetylenes is 1. The van der Waals surface area contributed by atoms with Crippen molar-refractivity contribution in [3.63, 3.8) is 0 Å². The molecule has 68 valence electrons. The second-order valence-corrected chi connectivity index (χ2v) is 3.49. The number of hydrogen-bond donors (Lipinski definition) is 1. The molecule has 0 aromatic carbocycles. The molecule has 0 saturated heterocycles. The molecule has 0 aliphatic heterocycles. The molecule has 4 heteroatoms. The molecule has 0 atom stereocenters. The summed E-state index contributed by atoms with van der Waals surface area (Å²) in [6.07, 6.45) is 10.1. The van der Waals surface area contributed by atoms with E-state index < -0.39 is 0 Å². The summed E-state index contributed by atoms with van der Waals surface area (Å²) in [6.45, 7) is 0. The fourth-order valence-electron chi connectivity index (χ4n) is 0.790. The van der Waals surface area contributed by atoms with Gasteiger partial charge in [-0.2, -0.15) is 0 Å². The Balaban J connectivity index is 2.37. The topological polar surface area (TPSA) is 51.8 Å². The first-order chi connectivity index (χ1) is 6.34. The first-order valence-corrected chi connectivity index (χ1v) is 4.96. The Bertz CT molecular complexity index is 306. The minimum atomic E-state index is 0.494. The SMILES string of the molecule is C#CCCCSc1nccnc1N. The van der Waals surface area contributed by atoms with E-state index in [0.717, 1.165) is 23.6 Å². The number of rotatable bonds is 4. The van der Waals surface area contributed by atoms with Crippen molar-refractivity contribution in [1.82, 2.24) is 9.97 Å². The lowest BCUT2D eigenvalue weighted by Crippen LogP contribution is -1.95. The maximum atomic E-state index is 5.60. The zero-order valence-electron chi connectivity index (χ0n) is 7.23. The highest BCUT2D eigenvalue weighted by molar-refractivity contribution is 7.99. The third kappa shape index (κ3) is 3.34. The number of nitrogen functional groups attached to an aromatic ring is 1. The Morgan fingerprint density at radius 1 is 1.46 bits per heavy atom. The van der Waals surface area contributed by atoms with E-state index in [1.807, 2.05) is 0 Å². The van der Waals surface area contributed by atoms with E-state index in [1.165, 1.54) is 0 Å². The molecule has 0 bridgehead atoms. The number of anilines is 1. The third-order valence-corrected chi connectivity index (χ3v) is 2.48. The Kier molecular flexibility index (Phi) is 4.13. The summed E-state index contributed by atoms with van der Waals surface area (Å²) in [5.41, 5.74) is 5.60. The van der Waals surface area contributed by atoms with Crippen LogP contribution in [0.4, 0.5) is 5.82 Å². The largest absolute Gasteiger partial charge is 0.381 e. The molecule has 0 spiro atoms. The van der Waals surface area contributed by atoms with Crippen molar-refractivity contribution in [1.29, 1.82) is 0 Å². The summed E-state index contributed by atoms with van der Waals surface area (Å²) in [5.74, 6) is 4.02. The van der Waals surface area contributed by atoms with Crippen LogP contribution in [0, 0.1) is 12.3 Å². The molecule has 0 saturated carbocycles. The zero-order chi connectivity index (χ0) is 9.52. The molecule has 0 unspecified atom stereocenters. The molecule has 2 N–H and O–H groups in total. The molecular formula is C9H11N3S.